The smallest absolute Gasteiger partial charge is 0.225 e. The second-order valence-corrected chi connectivity index (χ2v) is 5.77. The van der Waals surface area contributed by atoms with Crippen molar-refractivity contribution in [3.05, 3.63) is 24.3 Å². The van der Waals surface area contributed by atoms with Gasteiger partial charge in [0.15, 0.2) is 0 Å². The molecule has 2 unspecified atom stereocenters. The van der Waals surface area contributed by atoms with E-state index in [0.717, 1.165) is 47.6 Å². The first-order valence-electron chi connectivity index (χ1n) is 7.40. The van der Waals surface area contributed by atoms with Crippen molar-refractivity contribution in [2.45, 2.75) is 20.3 Å². The SMILES string of the molecule is CCNc1nc(N(C)CC2CC2C)c2ccccc2n1. The van der Waals surface area contributed by atoms with Crippen LogP contribution in [0.15, 0.2) is 24.3 Å². The van der Waals surface area contributed by atoms with Crippen molar-refractivity contribution in [1.82, 2.24) is 9.97 Å². The van der Waals surface area contributed by atoms with Gasteiger partial charge in [-0.25, -0.2) is 4.98 Å². The molecule has 20 heavy (non-hydrogen) atoms. The van der Waals surface area contributed by atoms with Crippen LogP contribution in [0.5, 0.6) is 0 Å². The van der Waals surface area contributed by atoms with Crippen LogP contribution >= 0.6 is 0 Å². The van der Waals surface area contributed by atoms with Crippen molar-refractivity contribution in [3.63, 3.8) is 0 Å². The Morgan fingerprint density at radius 2 is 2.05 bits per heavy atom. The molecule has 1 heterocycles. The maximum absolute atomic E-state index is 4.70. The highest BCUT2D eigenvalue weighted by molar-refractivity contribution is 5.90. The zero-order chi connectivity index (χ0) is 14.1. The lowest BCUT2D eigenvalue weighted by atomic mass is 10.2. The van der Waals surface area contributed by atoms with E-state index in [1.165, 1.54) is 6.42 Å². The largest absolute Gasteiger partial charge is 0.359 e. The van der Waals surface area contributed by atoms with Gasteiger partial charge in [0, 0.05) is 25.5 Å². The van der Waals surface area contributed by atoms with Crippen LogP contribution in [0.1, 0.15) is 20.3 Å². The molecule has 0 aliphatic heterocycles. The van der Waals surface area contributed by atoms with Gasteiger partial charge in [0.1, 0.15) is 5.82 Å². The van der Waals surface area contributed by atoms with Gasteiger partial charge >= 0.3 is 0 Å². The number of para-hydroxylation sites is 1. The van der Waals surface area contributed by atoms with Gasteiger partial charge < -0.3 is 10.2 Å². The molecule has 1 aromatic heterocycles. The van der Waals surface area contributed by atoms with E-state index in [1.54, 1.807) is 0 Å². The van der Waals surface area contributed by atoms with E-state index >= 15 is 0 Å². The Labute approximate surface area is 120 Å². The van der Waals surface area contributed by atoms with Crippen LogP contribution in [0.3, 0.4) is 0 Å². The van der Waals surface area contributed by atoms with E-state index in [1.807, 2.05) is 6.07 Å². The summed E-state index contributed by atoms with van der Waals surface area (Å²) in [4.78, 5) is 11.5. The molecule has 1 saturated carbocycles. The Hall–Kier alpha value is -1.84. The molecule has 4 heteroatoms. The second-order valence-electron chi connectivity index (χ2n) is 5.77. The van der Waals surface area contributed by atoms with Gasteiger partial charge in [-0.1, -0.05) is 19.1 Å². The molecular formula is C16H22N4. The fourth-order valence-corrected chi connectivity index (χ4v) is 2.68. The Bertz CT molecular complexity index is 610. The van der Waals surface area contributed by atoms with Gasteiger partial charge in [-0.05, 0) is 37.3 Å². The van der Waals surface area contributed by atoms with Gasteiger partial charge in [0.05, 0.1) is 5.52 Å². The number of rotatable bonds is 5. The van der Waals surface area contributed by atoms with Crippen LogP contribution in [0.4, 0.5) is 11.8 Å². The number of hydrogen-bond acceptors (Lipinski definition) is 4. The molecule has 1 aromatic carbocycles. The van der Waals surface area contributed by atoms with Gasteiger partial charge in [-0.2, -0.15) is 4.98 Å². The van der Waals surface area contributed by atoms with E-state index in [0.29, 0.717) is 0 Å². The molecule has 0 amide bonds. The highest BCUT2D eigenvalue weighted by atomic mass is 15.2. The molecule has 1 N–H and O–H groups in total. The first kappa shape index (κ1) is 13.2. The first-order valence-corrected chi connectivity index (χ1v) is 7.40. The standard InChI is InChI=1S/C16H22N4/c1-4-17-16-18-14-8-6-5-7-13(14)15(19-16)20(3)10-12-9-11(12)2/h5-8,11-12H,4,9-10H2,1-3H3,(H,17,18,19). The average molecular weight is 270 g/mol. The highest BCUT2D eigenvalue weighted by Crippen LogP contribution is 2.39. The van der Waals surface area contributed by atoms with Crippen molar-refractivity contribution in [2.75, 3.05) is 30.4 Å². The lowest BCUT2D eigenvalue weighted by Crippen LogP contribution is -2.22. The number of nitrogens with zero attached hydrogens (tertiary/aromatic N) is 3. The number of aromatic nitrogens is 2. The molecule has 0 radical (unpaired) electrons. The molecule has 3 rings (SSSR count). The van der Waals surface area contributed by atoms with Crippen molar-refractivity contribution in [1.29, 1.82) is 0 Å². The van der Waals surface area contributed by atoms with E-state index in [4.69, 9.17) is 4.98 Å². The summed E-state index contributed by atoms with van der Waals surface area (Å²) in [5.74, 6) is 3.43. The Balaban J connectivity index is 1.97. The molecule has 106 valence electrons. The summed E-state index contributed by atoms with van der Waals surface area (Å²) < 4.78 is 0. The van der Waals surface area contributed by atoms with E-state index < -0.39 is 0 Å². The van der Waals surface area contributed by atoms with Crippen molar-refractivity contribution >= 4 is 22.7 Å². The maximum atomic E-state index is 4.70. The molecule has 0 bridgehead atoms. The number of anilines is 2. The van der Waals surface area contributed by atoms with Gasteiger partial charge in [0.25, 0.3) is 0 Å². The third-order valence-electron chi connectivity index (χ3n) is 4.06. The van der Waals surface area contributed by atoms with Crippen LogP contribution in [-0.2, 0) is 0 Å². The highest BCUT2D eigenvalue weighted by Gasteiger charge is 2.33. The van der Waals surface area contributed by atoms with Gasteiger partial charge in [-0.3, -0.25) is 0 Å². The summed E-state index contributed by atoms with van der Waals surface area (Å²) in [6.45, 7) is 6.30. The summed E-state index contributed by atoms with van der Waals surface area (Å²) >= 11 is 0. The molecule has 0 saturated heterocycles. The maximum Gasteiger partial charge on any atom is 0.225 e. The van der Waals surface area contributed by atoms with Gasteiger partial charge in [0.2, 0.25) is 5.95 Å². The van der Waals surface area contributed by atoms with Crippen LogP contribution in [0, 0.1) is 11.8 Å². The molecule has 1 aliphatic rings. The zero-order valence-electron chi connectivity index (χ0n) is 12.4. The van der Waals surface area contributed by atoms with Crippen LogP contribution < -0.4 is 10.2 Å². The van der Waals surface area contributed by atoms with Crippen molar-refractivity contribution in [3.8, 4) is 0 Å². The molecular weight excluding hydrogens is 248 g/mol. The van der Waals surface area contributed by atoms with Crippen LogP contribution in [0.25, 0.3) is 10.9 Å². The number of benzene rings is 1. The van der Waals surface area contributed by atoms with E-state index in [9.17, 15) is 0 Å². The monoisotopic (exact) mass is 270 g/mol. The topological polar surface area (TPSA) is 41.1 Å². The summed E-state index contributed by atoms with van der Waals surface area (Å²) in [5, 5.41) is 4.35. The van der Waals surface area contributed by atoms with Crippen LogP contribution in [-0.4, -0.2) is 30.1 Å². The predicted octanol–water partition coefficient (Wildman–Crippen LogP) is 3.15. The lowest BCUT2D eigenvalue weighted by Gasteiger charge is -2.20. The molecule has 2 atom stereocenters. The zero-order valence-corrected chi connectivity index (χ0v) is 12.4. The number of fused-ring (bicyclic) bond motifs is 1. The minimum absolute atomic E-state index is 0.719. The minimum Gasteiger partial charge on any atom is -0.359 e. The minimum atomic E-state index is 0.719. The van der Waals surface area contributed by atoms with Crippen molar-refractivity contribution in [2.24, 2.45) is 11.8 Å². The molecule has 1 aliphatic carbocycles. The number of hydrogen-bond donors (Lipinski definition) is 1. The normalized spacial score (nSPS) is 20.9. The fraction of sp³-hybridized carbons (Fsp3) is 0.500. The number of nitrogens with one attached hydrogen (secondary N) is 1. The Morgan fingerprint density at radius 1 is 1.30 bits per heavy atom. The molecule has 4 nitrogen and oxygen atoms in total. The third-order valence-corrected chi connectivity index (χ3v) is 4.06. The fourth-order valence-electron chi connectivity index (χ4n) is 2.68. The van der Waals surface area contributed by atoms with E-state index in [2.05, 4.69) is 54.3 Å². The molecule has 0 spiro atoms. The lowest BCUT2D eigenvalue weighted by molar-refractivity contribution is 0.721. The van der Waals surface area contributed by atoms with Gasteiger partial charge in [-0.15, -0.1) is 0 Å². The summed E-state index contributed by atoms with van der Waals surface area (Å²) in [5.41, 5.74) is 1.00. The van der Waals surface area contributed by atoms with Crippen molar-refractivity contribution < 1.29 is 0 Å². The molecule has 1 fully saturated rings. The Kier molecular flexibility index (Phi) is 3.47. The summed E-state index contributed by atoms with van der Waals surface area (Å²) in [6, 6.07) is 8.23. The first-order chi connectivity index (χ1) is 9.69. The van der Waals surface area contributed by atoms with Crippen LogP contribution in [0.2, 0.25) is 0 Å². The predicted molar refractivity (Wildman–Crippen MR) is 84.2 cm³/mol. The summed E-state index contributed by atoms with van der Waals surface area (Å²) in [7, 11) is 2.13. The Morgan fingerprint density at radius 3 is 2.75 bits per heavy atom. The third kappa shape index (κ3) is 2.55. The average Bonchev–Trinajstić information content (AvgIpc) is 3.13. The van der Waals surface area contributed by atoms with E-state index in [-0.39, 0.29) is 0 Å². The summed E-state index contributed by atoms with van der Waals surface area (Å²) in [6.07, 6.45) is 1.34. The molecule has 2 aromatic rings. The quantitative estimate of drug-likeness (QED) is 0.906. The second kappa shape index (κ2) is 5.27.